The summed E-state index contributed by atoms with van der Waals surface area (Å²) in [7, 11) is 0. The van der Waals surface area contributed by atoms with E-state index in [0.717, 1.165) is 19.3 Å². The quantitative estimate of drug-likeness (QED) is 0.388. The maximum Gasteiger partial charge on any atom is 0.235 e. The lowest BCUT2D eigenvalue weighted by Gasteiger charge is -2.42. The van der Waals surface area contributed by atoms with Crippen LogP contribution in [-0.2, 0) is 4.79 Å². The molecule has 0 aromatic heterocycles. The minimum Gasteiger partial charge on any atom is -0.316 e. The van der Waals surface area contributed by atoms with Gasteiger partial charge in [0.25, 0.3) is 0 Å². The predicted molar refractivity (Wildman–Crippen MR) is 59.1 cm³/mol. The second-order valence-corrected chi connectivity index (χ2v) is 5.75. The summed E-state index contributed by atoms with van der Waals surface area (Å²) in [6.07, 6.45) is 4.46. The van der Waals surface area contributed by atoms with Crippen molar-refractivity contribution in [3.8, 4) is 0 Å². The first kappa shape index (κ1) is 11.9. The number of carbonyl (C=O) groups excluding carboxylic acids is 1. The van der Waals surface area contributed by atoms with Crippen molar-refractivity contribution < 1.29 is 4.79 Å². The standard InChI is InChI=1S/C12H18N2O/c1-11(2)5-10(14-9-15)6-12(3,7-11)8-13-4/h10H,5-8H2,1-3H3. The molecule has 0 spiro atoms. The number of aliphatic imine (C=N–C) groups is 1. The van der Waals surface area contributed by atoms with Crippen LogP contribution in [0.25, 0.3) is 4.85 Å². The van der Waals surface area contributed by atoms with Crippen molar-refractivity contribution in [1.82, 2.24) is 0 Å². The first-order chi connectivity index (χ1) is 6.91. The third kappa shape index (κ3) is 3.18. The van der Waals surface area contributed by atoms with Gasteiger partial charge in [0.2, 0.25) is 12.6 Å². The summed E-state index contributed by atoms with van der Waals surface area (Å²) in [5.41, 5.74) is 0.178. The van der Waals surface area contributed by atoms with Crippen LogP contribution in [0.5, 0.6) is 0 Å². The van der Waals surface area contributed by atoms with Crippen LogP contribution in [0.3, 0.4) is 0 Å². The van der Waals surface area contributed by atoms with Gasteiger partial charge >= 0.3 is 0 Å². The van der Waals surface area contributed by atoms with Crippen LogP contribution in [-0.4, -0.2) is 18.7 Å². The molecule has 1 aliphatic carbocycles. The minimum atomic E-state index is 0.00845. The van der Waals surface area contributed by atoms with E-state index in [1.165, 1.54) is 0 Å². The Bertz CT molecular complexity index is 323. The second-order valence-electron chi connectivity index (χ2n) is 5.75. The molecule has 1 aliphatic rings. The molecule has 0 aliphatic heterocycles. The highest BCUT2D eigenvalue weighted by atomic mass is 16.1. The van der Waals surface area contributed by atoms with Gasteiger partial charge in [-0.2, -0.15) is 0 Å². The molecule has 1 fully saturated rings. The third-order valence-electron chi connectivity index (χ3n) is 3.12. The zero-order valence-electron chi connectivity index (χ0n) is 9.71. The normalized spacial score (nSPS) is 33.9. The summed E-state index contributed by atoms with van der Waals surface area (Å²) >= 11 is 0. The molecule has 0 heterocycles. The molecule has 15 heavy (non-hydrogen) atoms. The third-order valence-corrected chi connectivity index (χ3v) is 3.12. The summed E-state index contributed by atoms with van der Waals surface area (Å²) in [5, 5.41) is 0. The van der Waals surface area contributed by atoms with Crippen LogP contribution in [0, 0.1) is 17.4 Å². The molecule has 0 bridgehead atoms. The SMILES string of the molecule is [C-]#[N+]CC1(C)CC(N=C=O)CC(C)(C)C1. The van der Waals surface area contributed by atoms with Gasteiger partial charge in [-0.3, -0.25) is 0 Å². The number of rotatable bonds is 2. The summed E-state index contributed by atoms with van der Waals surface area (Å²) < 4.78 is 0. The van der Waals surface area contributed by atoms with E-state index < -0.39 is 0 Å². The van der Waals surface area contributed by atoms with Crippen molar-refractivity contribution in [2.45, 2.75) is 46.1 Å². The molecule has 1 saturated carbocycles. The van der Waals surface area contributed by atoms with Gasteiger partial charge in [-0.25, -0.2) is 16.4 Å². The average Bonchev–Trinajstić information content (AvgIpc) is 1.99. The molecule has 1 rings (SSSR count). The molecule has 0 amide bonds. The van der Waals surface area contributed by atoms with Crippen molar-refractivity contribution in [1.29, 1.82) is 0 Å². The van der Waals surface area contributed by atoms with Crippen LogP contribution >= 0.6 is 0 Å². The lowest BCUT2D eigenvalue weighted by Crippen LogP contribution is -2.39. The van der Waals surface area contributed by atoms with Gasteiger partial charge in [0.15, 0.2) is 0 Å². The molecule has 0 N–H and O–H groups in total. The van der Waals surface area contributed by atoms with E-state index in [4.69, 9.17) is 6.57 Å². The van der Waals surface area contributed by atoms with E-state index in [-0.39, 0.29) is 16.9 Å². The Morgan fingerprint density at radius 3 is 2.67 bits per heavy atom. The molecule has 2 unspecified atom stereocenters. The Balaban J connectivity index is 2.85. The topological polar surface area (TPSA) is 33.8 Å². The molecule has 0 aromatic carbocycles. The van der Waals surface area contributed by atoms with Gasteiger partial charge in [0, 0.05) is 5.41 Å². The molecule has 0 saturated heterocycles. The first-order valence-electron chi connectivity index (χ1n) is 5.31. The molecular formula is C12H18N2O. The van der Waals surface area contributed by atoms with E-state index in [1.54, 1.807) is 6.08 Å². The zero-order chi connectivity index (χ0) is 11.5. The van der Waals surface area contributed by atoms with Crippen LogP contribution in [0.2, 0.25) is 0 Å². The van der Waals surface area contributed by atoms with Crippen LogP contribution in [0.15, 0.2) is 4.99 Å². The highest BCUT2D eigenvalue weighted by Gasteiger charge is 2.43. The molecule has 2 atom stereocenters. The Kier molecular flexibility index (Phi) is 3.31. The highest BCUT2D eigenvalue weighted by molar-refractivity contribution is 5.33. The van der Waals surface area contributed by atoms with Crippen LogP contribution in [0.1, 0.15) is 40.0 Å². The van der Waals surface area contributed by atoms with Gasteiger partial charge in [-0.1, -0.05) is 20.8 Å². The summed E-state index contributed by atoms with van der Waals surface area (Å²) in [5.74, 6) is 0. The molecular weight excluding hydrogens is 188 g/mol. The Labute approximate surface area is 91.4 Å². The van der Waals surface area contributed by atoms with Crippen LogP contribution < -0.4 is 0 Å². The van der Waals surface area contributed by atoms with E-state index in [1.807, 2.05) is 0 Å². The van der Waals surface area contributed by atoms with Crippen molar-refractivity contribution in [2.24, 2.45) is 15.8 Å². The monoisotopic (exact) mass is 206 g/mol. The lowest BCUT2D eigenvalue weighted by molar-refractivity contribution is 0.0971. The van der Waals surface area contributed by atoms with Gasteiger partial charge in [-0.05, 0) is 24.7 Å². The lowest BCUT2D eigenvalue weighted by atomic mass is 9.63. The predicted octanol–water partition coefficient (Wildman–Crippen LogP) is 2.83. The fourth-order valence-corrected chi connectivity index (χ4v) is 3.06. The van der Waals surface area contributed by atoms with Gasteiger partial charge < -0.3 is 4.85 Å². The maximum absolute atomic E-state index is 10.3. The Morgan fingerprint density at radius 2 is 2.13 bits per heavy atom. The molecule has 0 radical (unpaired) electrons. The minimum absolute atomic E-state index is 0.00845. The maximum atomic E-state index is 10.3. The molecule has 3 nitrogen and oxygen atoms in total. The van der Waals surface area contributed by atoms with E-state index >= 15 is 0 Å². The molecule has 82 valence electrons. The number of hydrogen-bond donors (Lipinski definition) is 0. The molecule has 3 heteroatoms. The second kappa shape index (κ2) is 4.16. The fraction of sp³-hybridized carbons (Fsp3) is 0.833. The van der Waals surface area contributed by atoms with Crippen LogP contribution in [0.4, 0.5) is 0 Å². The van der Waals surface area contributed by atoms with Gasteiger partial charge in [0.1, 0.15) is 0 Å². The molecule has 0 aromatic rings. The van der Waals surface area contributed by atoms with E-state index in [0.29, 0.717) is 6.54 Å². The van der Waals surface area contributed by atoms with E-state index in [2.05, 4.69) is 30.6 Å². The number of nitrogens with zero attached hydrogens (tertiary/aromatic N) is 2. The fourth-order valence-electron chi connectivity index (χ4n) is 3.06. The average molecular weight is 206 g/mol. The van der Waals surface area contributed by atoms with Gasteiger partial charge in [0.05, 0.1) is 6.04 Å². The van der Waals surface area contributed by atoms with E-state index in [9.17, 15) is 4.79 Å². The Hall–Kier alpha value is -1.13. The first-order valence-corrected chi connectivity index (χ1v) is 5.31. The van der Waals surface area contributed by atoms with Crippen molar-refractivity contribution in [3.05, 3.63) is 11.4 Å². The summed E-state index contributed by atoms with van der Waals surface area (Å²) in [6, 6.07) is 0.0537. The smallest absolute Gasteiger partial charge is 0.235 e. The van der Waals surface area contributed by atoms with Gasteiger partial charge in [-0.15, -0.1) is 0 Å². The largest absolute Gasteiger partial charge is 0.316 e. The van der Waals surface area contributed by atoms with Crippen molar-refractivity contribution >= 4 is 6.08 Å². The zero-order valence-corrected chi connectivity index (χ0v) is 9.71. The van der Waals surface area contributed by atoms with Crippen molar-refractivity contribution in [3.63, 3.8) is 0 Å². The number of hydrogen-bond acceptors (Lipinski definition) is 2. The highest BCUT2D eigenvalue weighted by Crippen LogP contribution is 2.47. The summed E-state index contributed by atoms with van der Waals surface area (Å²) in [4.78, 5) is 17.7. The number of isocyanates is 1. The van der Waals surface area contributed by atoms with Crippen molar-refractivity contribution in [2.75, 3.05) is 6.54 Å². The Morgan fingerprint density at radius 1 is 1.47 bits per heavy atom. The summed E-state index contributed by atoms with van der Waals surface area (Å²) in [6.45, 7) is 14.0.